The Morgan fingerprint density at radius 3 is 2.60 bits per heavy atom. The fourth-order valence-corrected chi connectivity index (χ4v) is 2.90. The zero-order valence-electron chi connectivity index (χ0n) is 14.7. The first kappa shape index (κ1) is 19.0. The molecule has 0 saturated heterocycles. The van der Waals surface area contributed by atoms with Crippen molar-refractivity contribution in [1.29, 1.82) is 0 Å². The van der Waals surface area contributed by atoms with Crippen LogP contribution < -0.4 is 10.6 Å². The number of anilines is 1. The van der Waals surface area contributed by atoms with Crippen molar-refractivity contribution in [1.82, 2.24) is 20.3 Å². The lowest BCUT2D eigenvalue weighted by Crippen LogP contribution is -2.27. The number of hydrogen-bond donors (Lipinski definition) is 2. The van der Waals surface area contributed by atoms with Crippen molar-refractivity contribution in [3.63, 3.8) is 0 Å². The summed E-state index contributed by atoms with van der Waals surface area (Å²) in [5.41, 5.74) is 2.12. The standard InChI is InChI=1S/C16H23N5O3S/c1-11-7-12(2)21(19-11)6-4-5-17-15(22)9-25-10-16(23)18-14-8-13(3)24-20-14/h7-8H,4-6,9-10H2,1-3H3,(H,17,22)(H,18,20,23). The van der Waals surface area contributed by atoms with Crippen LogP contribution in [0.2, 0.25) is 0 Å². The second-order valence-electron chi connectivity index (χ2n) is 5.72. The van der Waals surface area contributed by atoms with E-state index in [1.54, 1.807) is 13.0 Å². The lowest BCUT2D eigenvalue weighted by molar-refractivity contribution is -0.118. The number of rotatable bonds is 9. The van der Waals surface area contributed by atoms with Gasteiger partial charge in [0.15, 0.2) is 5.82 Å². The molecule has 8 nitrogen and oxygen atoms in total. The summed E-state index contributed by atoms with van der Waals surface area (Å²) in [6, 6.07) is 3.67. The molecule has 2 aromatic rings. The molecule has 0 aliphatic carbocycles. The molecule has 2 rings (SSSR count). The van der Waals surface area contributed by atoms with E-state index >= 15 is 0 Å². The average molecular weight is 365 g/mol. The number of amides is 2. The van der Waals surface area contributed by atoms with E-state index in [9.17, 15) is 9.59 Å². The predicted octanol–water partition coefficient (Wildman–Crippen LogP) is 1.67. The number of hydrogen-bond acceptors (Lipinski definition) is 6. The molecule has 9 heteroatoms. The third kappa shape index (κ3) is 6.61. The Kier molecular flexibility index (Phi) is 7.05. The van der Waals surface area contributed by atoms with Gasteiger partial charge in [-0.25, -0.2) is 0 Å². The van der Waals surface area contributed by atoms with Crippen LogP contribution in [0.5, 0.6) is 0 Å². The number of nitrogens with one attached hydrogen (secondary N) is 2. The van der Waals surface area contributed by atoms with E-state index in [0.717, 1.165) is 24.4 Å². The number of nitrogens with zero attached hydrogens (tertiary/aromatic N) is 3. The molecule has 0 fully saturated rings. The summed E-state index contributed by atoms with van der Waals surface area (Å²) in [7, 11) is 0. The van der Waals surface area contributed by atoms with Crippen LogP contribution in [0.25, 0.3) is 0 Å². The smallest absolute Gasteiger partial charge is 0.235 e. The van der Waals surface area contributed by atoms with E-state index in [1.165, 1.54) is 11.8 Å². The van der Waals surface area contributed by atoms with Gasteiger partial charge >= 0.3 is 0 Å². The Balaban J connectivity index is 1.54. The third-order valence-electron chi connectivity index (χ3n) is 3.33. The first-order valence-electron chi connectivity index (χ1n) is 8.02. The minimum Gasteiger partial charge on any atom is -0.360 e. The van der Waals surface area contributed by atoms with E-state index in [0.29, 0.717) is 18.1 Å². The summed E-state index contributed by atoms with van der Waals surface area (Å²) in [4.78, 5) is 23.5. The molecule has 0 atom stereocenters. The van der Waals surface area contributed by atoms with Gasteiger partial charge < -0.3 is 15.2 Å². The van der Waals surface area contributed by atoms with Crippen LogP contribution in [0.15, 0.2) is 16.7 Å². The first-order valence-corrected chi connectivity index (χ1v) is 9.18. The summed E-state index contributed by atoms with van der Waals surface area (Å²) in [5.74, 6) is 1.15. The number of carbonyl (C=O) groups is 2. The van der Waals surface area contributed by atoms with Crippen LogP contribution in [0.1, 0.15) is 23.6 Å². The molecule has 2 heterocycles. The van der Waals surface area contributed by atoms with Gasteiger partial charge in [0.25, 0.3) is 0 Å². The molecule has 136 valence electrons. The quantitative estimate of drug-likeness (QED) is 0.656. The molecule has 0 aliphatic heterocycles. The van der Waals surface area contributed by atoms with Gasteiger partial charge in [-0.05, 0) is 33.3 Å². The number of thioether (sulfide) groups is 1. The van der Waals surface area contributed by atoms with Gasteiger partial charge in [0.05, 0.1) is 17.2 Å². The maximum Gasteiger partial charge on any atom is 0.235 e. The summed E-state index contributed by atoms with van der Waals surface area (Å²) in [6.07, 6.45) is 0.810. The minimum absolute atomic E-state index is 0.0801. The van der Waals surface area contributed by atoms with E-state index < -0.39 is 0 Å². The topological polar surface area (TPSA) is 102 Å². The van der Waals surface area contributed by atoms with Crippen LogP contribution in [0, 0.1) is 20.8 Å². The summed E-state index contributed by atoms with van der Waals surface area (Å²) in [5, 5.41) is 13.5. The summed E-state index contributed by atoms with van der Waals surface area (Å²) < 4.78 is 6.80. The molecule has 2 N–H and O–H groups in total. The van der Waals surface area contributed by atoms with Crippen LogP contribution in [0.4, 0.5) is 5.82 Å². The summed E-state index contributed by atoms with van der Waals surface area (Å²) in [6.45, 7) is 7.08. The molecule has 0 aromatic carbocycles. The predicted molar refractivity (Wildman–Crippen MR) is 96.5 cm³/mol. The molecular weight excluding hydrogens is 342 g/mol. The van der Waals surface area contributed by atoms with Gasteiger partial charge in [-0.1, -0.05) is 5.16 Å². The average Bonchev–Trinajstić information content (AvgIpc) is 3.08. The van der Waals surface area contributed by atoms with Crippen LogP contribution in [-0.4, -0.2) is 44.8 Å². The monoisotopic (exact) mass is 365 g/mol. The van der Waals surface area contributed by atoms with Crippen molar-refractivity contribution < 1.29 is 14.1 Å². The molecule has 2 amide bonds. The Labute approximate surface area is 150 Å². The lowest BCUT2D eigenvalue weighted by atomic mass is 10.4. The largest absolute Gasteiger partial charge is 0.360 e. The molecule has 0 aliphatic rings. The Bertz CT molecular complexity index is 725. The molecule has 0 bridgehead atoms. The van der Waals surface area contributed by atoms with E-state index in [2.05, 4.69) is 20.9 Å². The molecule has 25 heavy (non-hydrogen) atoms. The van der Waals surface area contributed by atoms with Crippen molar-refractivity contribution in [3.05, 3.63) is 29.3 Å². The van der Waals surface area contributed by atoms with Crippen molar-refractivity contribution in [2.45, 2.75) is 33.7 Å². The van der Waals surface area contributed by atoms with Crippen molar-refractivity contribution >= 4 is 29.4 Å². The molecule has 0 saturated carbocycles. The Morgan fingerprint density at radius 2 is 1.96 bits per heavy atom. The highest BCUT2D eigenvalue weighted by Crippen LogP contribution is 2.08. The highest BCUT2D eigenvalue weighted by Gasteiger charge is 2.08. The molecule has 0 radical (unpaired) electrons. The zero-order chi connectivity index (χ0) is 18.2. The Morgan fingerprint density at radius 1 is 1.20 bits per heavy atom. The van der Waals surface area contributed by atoms with Crippen LogP contribution in [0.3, 0.4) is 0 Å². The highest BCUT2D eigenvalue weighted by molar-refractivity contribution is 8.00. The maximum atomic E-state index is 11.8. The molecule has 0 spiro atoms. The summed E-state index contributed by atoms with van der Waals surface area (Å²) >= 11 is 1.26. The number of aromatic nitrogens is 3. The molecule has 2 aromatic heterocycles. The van der Waals surface area contributed by atoms with E-state index in [4.69, 9.17) is 4.52 Å². The van der Waals surface area contributed by atoms with Crippen molar-refractivity contribution in [2.24, 2.45) is 0 Å². The second-order valence-corrected chi connectivity index (χ2v) is 6.70. The number of aryl methyl sites for hydroxylation is 4. The zero-order valence-corrected chi connectivity index (χ0v) is 15.5. The highest BCUT2D eigenvalue weighted by atomic mass is 32.2. The minimum atomic E-state index is -0.212. The van der Waals surface area contributed by atoms with Crippen LogP contribution >= 0.6 is 11.8 Å². The fourth-order valence-electron chi connectivity index (χ4n) is 2.25. The van der Waals surface area contributed by atoms with E-state index in [1.807, 2.05) is 24.6 Å². The molecular formula is C16H23N5O3S. The second kappa shape index (κ2) is 9.26. The number of carbonyl (C=O) groups excluding carboxylic acids is 2. The van der Waals surface area contributed by atoms with Gasteiger partial charge in [-0.2, -0.15) is 5.10 Å². The first-order chi connectivity index (χ1) is 11.9. The lowest BCUT2D eigenvalue weighted by Gasteiger charge is -2.06. The van der Waals surface area contributed by atoms with Gasteiger partial charge in [0.1, 0.15) is 5.76 Å². The van der Waals surface area contributed by atoms with Gasteiger partial charge in [-0.15, -0.1) is 11.8 Å². The maximum absolute atomic E-state index is 11.8. The van der Waals surface area contributed by atoms with Crippen molar-refractivity contribution in [3.8, 4) is 0 Å². The van der Waals surface area contributed by atoms with Crippen molar-refractivity contribution in [2.75, 3.05) is 23.4 Å². The Hall–Kier alpha value is -2.29. The van der Waals surface area contributed by atoms with Gasteiger partial charge in [-0.3, -0.25) is 14.3 Å². The molecule has 0 unspecified atom stereocenters. The normalized spacial score (nSPS) is 10.7. The third-order valence-corrected chi connectivity index (χ3v) is 4.27. The van der Waals surface area contributed by atoms with Crippen LogP contribution in [-0.2, 0) is 16.1 Å². The fraction of sp³-hybridized carbons (Fsp3) is 0.500. The SMILES string of the molecule is Cc1cc(C)n(CCCNC(=O)CSCC(=O)Nc2cc(C)on2)n1. The van der Waals surface area contributed by atoms with E-state index in [-0.39, 0.29) is 23.3 Å². The van der Waals surface area contributed by atoms with Gasteiger partial charge in [0, 0.05) is 24.8 Å². The van der Waals surface area contributed by atoms with Gasteiger partial charge in [0.2, 0.25) is 11.8 Å².